The van der Waals surface area contributed by atoms with Crippen molar-refractivity contribution in [3.8, 4) is 0 Å². The molecule has 0 aromatic carbocycles. The Kier molecular flexibility index (Phi) is 3.66. The van der Waals surface area contributed by atoms with E-state index in [4.69, 9.17) is 4.98 Å². The number of piperidine rings is 1. The normalized spacial score (nSPS) is 19.8. The van der Waals surface area contributed by atoms with Crippen LogP contribution in [0.2, 0.25) is 0 Å². The van der Waals surface area contributed by atoms with Crippen LogP contribution in [0.3, 0.4) is 0 Å². The molecule has 0 spiro atoms. The Morgan fingerprint density at radius 1 is 1.19 bits per heavy atom. The third-order valence-corrected chi connectivity index (χ3v) is 3.94. The molecule has 112 valence electrons. The fourth-order valence-corrected chi connectivity index (χ4v) is 2.82. The SMILES string of the molecule is CC(C)(C)c1nccc(N2CCCC[C@@H]2c2ncc[nH]2)n1. The highest BCUT2D eigenvalue weighted by atomic mass is 15.2. The number of aromatic nitrogens is 4. The van der Waals surface area contributed by atoms with Gasteiger partial charge in [-0.2, -0.15) is 0 Å². The van der Waals surface area contributed by atoms with Gasteiger partial charge in [0, 0.05) is 30.6 Å². The molecule has 3 heterocycles. The van der Waals surface area contributed by atoms with E-state index in [1.165, 1.54) is 12.8 Å². The lowest BCUT2D eigenvalue weighted by Gasteiger charge is -2.36. The van der Waals surface area contributed by atoms with E-state index in [9.17, 15) is 0 Å². The van der Waals surface area contributed by atoms with E-state index < -0.39 is 0 Å². The van der Waals surface area contributed by atoms with E-state index in [2.05, 4.69) is 40.6 Å². The molecule has 0 aliphatic carbocycles. The monoisotopic (exact) mass is 285 g/mol. The molecule has 1 aliphatic rings. The number of rotatable bonds is 2. The van der Waals surface area contributed by atoms with E-state index >= 15 is 0 Å². The first-order valence-electron chi connectivity index (χ1n) is 7.65. The topological polar surface area (TPSA) is 57.7 Å². The molecule has 0 saturated carbocycles. The number of aromatic amines is 1. The second-order valence-corrected chi connectivity index (χ2v) is 6.67. The maximum absolute atomic E-state index is 4.80. The quantitative estimate of drug-likeness (QED) is 0.920. The maximum atomic E-state index is 4.80. The molecule has 0 unspecified atom stereocenters. The number of nitrogens with one attached hydrogen (secondary N) is 1. The molecule has 5 nitrogen and oxygen atoms in total. The molecule has 2 aromatic rings. The van der Waals surface area contributed by atoms with Crippen LogP contribution >= 0.6 is 0 Å². The summed E-state index contributed by atoms with van der Waals surface area (Å²) in [5.41, 5.74) is -0.0357. The zero-order chi connectivity index (χ0) is 14.9. The largest absolute Gasteiger partial charge is 0.347 e. The summed E-state index contributed by atoms with van der Waals surface area (Å²) in [4.78, 5) is 19.3. The van der Waals surface area contributed by atoms with Crippen molar-refractivity contribution in [2.45, 2.75) is 51.5 Å². The summed E-state index contributed by atoms with van der Waals surface area (Å²) in [5, 5.41) is 0. The van der Waals surface area contributed by atoms with Crippen LogP contribution in [0.5, 0.6) is 0 Å². The van der Waals surface area contributed by atoms with Gasteiger partial charge in [0.25, 0.3) is 0 Å². The lowest BCUT2D eigenvalue weighted by molar-refractivity contribution is 0.452. The molecule has 21 heavy (non-hydrogen) atoms. The van der Waals surface area contributed by atoms with E-state index in [1.807, 2.05) is 24.7 Å². The summed E-state index contributed by atoms with van der Waals surface area (Å²) in [5.74, 6) is 2.94. The van der Waals surface area contributed by atoms with E-state index in [0.717, 1.165) is 30.4 Å². The molecule has 0 amide bonds. The van der Waals surface area contributed by atoms with Gasteiger partial charge in [0.05, 0.1) is 6.04 Å². The van der Waals surface area contributed by atoms with E-state index in [-0.39, 0.29) is 11.5 Å². The molecule has 0 radical (unpaired) electrons. The number of H-pyrrole nitrogens is 1. The number of hydrogen-bond donors (Lipinski definition) is 1. The standard InChI is InChI=1S/C16H23N5/c1-16(2,3)15-19-8-7-13(20-15)21-11-5-4-6-12(21)14-17-9-10-18-14/h7-10,12H,4-6,11H2,1-3H3,(H,17,18)/t12-/m1/s1. The molecule has 3 rings (SSSR count). The van der Waals surface area contributed by atoms with Crippen molar-refractivity contribution in [2.24, 2.45) is 0 Å². The van der Waals surface area contributed by atoms with Crippen LogP contribution in [-0.4, -0.2) is 26.5 Å². The first-order valence-corrected chi connectivity index (χ1v) is 7.65. The van der Waals surface area contributed by atoms with Gasteiger partial charge in [0.15, 0.2) is 0 Å². The molecule has 0 bridgehead atoms. The van der Waals surface area contributed by atoms with Gasteiger partial charge in [-0.1, -0.05) is 20.8 Å². The first-order chi connectivity index (χ1) is 10.1. The number of anilines is 1. The minimum absolute atomic E-state index is 0.0357. The van der Waals surface area contributed by atoms with Crippen LogP contribution in [0.15, 0.2) is 24.7 Å². The Morgan fingerprint density at radius 3 is 2.76 bits per heavy atom. The van der Waals surface area contributed by atoms with Crippen molar-refractivity contribution < 1.29 is 0 Å². The highest BCUT2D eigenvalue weighted by Crippen LogP contribution is 2.33. The molecule has 1 aliphatic heterocycles. The Morgan fingerprint density at radius 2 is 2.05 bits per heavy atom. The van der Waals surface area contributed by atoms with Crippen LogP contribution < -0.4 is 4.90 Å². The van der Waals surface area contributed by atoms with Crippen LogP contribution in [-0.2, 0) is 5.41 Å². The average Bonchev–Trinajstić information content (AvgIpc) is 3.01. The minimum atomic E-state index is -0.0357. The van der Waals surface area contributed by atoms with Crippen molar-refractivity contribution >= 4 is 5.82 Å². The summed E-state index contributed by atoms with van der Waals surface area (Å²) >= 11 is 0. The molecule has 1 fully saturated rings. The summed E-state index contributed by atoms with van der Waals surface area (Å²) < 4.78 is 0. The van der Waals surface area contributed by atoms with Gasteiger partial charge in [-0.15, -0.1) is 0 Å². The minimum Gasteiger partial charge on any atom is -0.347 e. The van der Waals surface area contributed by atoms with Gasteiger partial charge in [-0.3, -0.25) is 0 Å². The van der Waals surface area contributed by atoms with Gasteiger partial charge in [-0.25, -0.2) is 15.0 Å². The molecule has 1 atom stereocenters. The summed E-state index contributed by atoms with van der Waals surface area (Å²) in [6.45, 7) is 7.46. The summed E-state index contributed by atoms with van der Waals surface area (Å²) in [6, 6.07) is 2.30. The van der Waals surface area contributed by atoms with Crippen molar-refractivity contribution in [2.75, 3.05) is 11.4 Å². The highest BCUT2D eigenvalue weighted by Gasteiger charge is 2.28. The fraction of sp³-hybridized carbons (Fsp3) is 0.562. The number of nitrogens with zero attached hydrogens (tertiary/aromatic N) is 4. The summed E-state index contributed by atoms with van der Waals surface area (Å²) in [6.07, 6.45) is 9.13. The van der Waals surface area contributed by atoms with Crippen LogP contribution in [0, 0.1) is 0 Å². The zero-order valence-electron chi connectivity index (χ0n) is 13.0. The van der Waals surface area contributed by atoms with Crippen LogP contribution in [0.1, 0.15) is 57.7 Å². The molecular weight excluding hydrogens is 262 g/mol. The summed E-state index contributed by atoms with van der Waals surface area (Å²) in [7, 11) is 0. The highest BCUT2D eigenvalue weighted by molar-refractivity contribution is 5.41. The molecular formula is C16H23N5. The average molecular weight is 285 g/mol. The van der Waals surface area contributed by atoms with Crippen molar-refractivity contribution in [1.82, 2.24) is 19.9 Å². The smallest absolute Gasteiger partial charge is 0.135 e. The van der Waals surface area contributed by atoms with E-state index in [0.29, 0.717) is 0 Å². The van der Waals surface area contributed by atoms with Crippen molar-refractivity contribution in [1.29, 1.82) is 0 Å². The van der Waals surface area contributed by atoms with Gasteiger partial charge in [-0.05, 0) is 25.3 Å². The third-order valence-electron chi connectivity index (χ3n) is 3.94. The van der Waals surface area contributed by atoms with Gasteiger partial charge in [0.1, 0.15) is 17.5 Å². The van der Waals surface area contributed by atoms with Gasteiger partial charge in [0.2, 0.25) is 0 Å². The maximum Gasteiger partial charge on any atom is 0.135 e. The first kappa shape index (κ1) is 14.0. The lowest BCUT2D eigenvalue weighted by Crippen LogP contribution is -2.35. The van der Waals surface area contributed by atoms with Crippen LogP contribution in [0.25, 0.3) is 0 Å². The predicted octanol–water partition coefficient (Wildman–Crippen LogP) is 3.23. The second-order valence-electron chi connectivity index (χ2n) is 6.67. The Labute approximate surface area is 125 Å². The van der Waals surface area contributed by atoms with Crippen LogP contribution in [0.4, 0.5) is 5.82 Å². The molecule has 1 saturated heterocycles. The molecule has 2 aromatic heterocycles. The molecule has 1 N–H and O–H groups in total. The second kappa shape index (κ2) is 5.47. The van der Waals surface area contributed by atoms with E-state index in [1.54, 1.807) is 0 Å². The van der Waals surface area contributed by atoms with Crippen molar-refractivity contribution in [3.63, 3.8) is 0 Å². The van der Waals surface area contributed by atoms with Gasteiger partial charge >= 0.3 is 0 Å². The third kappa shape index (κ3) is 2.91. The van der Waals surface area contributed by atoms with Gasteiger partial charge < -0.3 is 9.88 Å². The Balaban J connectivity index is 1.93. The Hall–Kier alpha value is -1.91. The lowest BCUT2D eigenvalue weighted by atomic mass is 9.95. The number of hydrogen-bond acceptors (Lipinski definition) is 4. The number of imidazole rings is 1. The molecule has 5 heteroatoms. The van der Waals surface area contributed by atoms with Crippen molar-refractivity contribution in [3.05, 3.63) is 36.3 Å². The predicted molar refractivity (Wildman–Crippen MR) is 83.3 cm³/mol. The fourth-order valence-electron chi connectivity index (χ4n) is 2.82. The Bertz CT molecular complexity index is 585. The zero-order valence-corrected chi connectivity index (χ0v) is 13.0.